The number of nitrogens with two attached hydrogens (primary N) is 1. The molecule has 21 heavy (non-hydrogen) atoms. The summed E-state index contributed by atoms with van der Waals surface area (Å²) in [6.45, 7) is 0. The van der Waals surface area contributed by atoms with E-state index >= 15 is 0 Å². The minimum absolute atomic E-state index is 0.512. The van der Waals surface area contributed by atoms with Gasteiger partial charge in [-0.15, -0.1) is 0 Å². The Bertz CT molecular complexity index is 969. The van der Waals surface area contributed by atoms with Gasteiger partial charge < -0.3 is 5.73 Å². The largest absolute Gasteiger partial charge is 0.384 e. The maximum Gasteiger partial charge on any atom is 0.124 e. The summed E-state index contributed by atoms with van der Waals surface area (Å²) in [7, 11) is 1.92. The Morgan fingerprint density at radius 2 is 1.76 bits per heavy atom. The van der Waals surface area contributed by atoms with Gasteiger partial charge in [0.2, 0.25) is 0 Å². The second-order valence-electron chi connectivity index (χ2n) is 5.14. The van der Waals surface area contributed by atoms with Crippen LogP contribution in [0.5, 0.6) is 0 Å². The Kier molecular flexibility index (Phi) is 2.44. The standard InChI is InChI=1S/C17H14N4/c1-21-14-8-9-15(18)19-17(14)16(20-21)13-7-6-11-4-2-3-5-12(11)10-13/h2-10H,1H3,(H2,18,19). The van der Waals surface area contributed by atoms with Gasteiger partial charge in [-0.3, -0.25) is 4.68 Å². The van der Waals surface area contributed by atoms with Crippen LogP contribution in [0, 0.1) is 0 Å². The molecule has 2 heterocycles. The number of aromatic nitrogens is 3. The lowest BCUT2D eigenvalue weighted by Crippen LogP contribution is -1.91. The fourth-order valence-electron chi connectivity index (χ4n) is 2.68. The highest BCUT2D eigenvalue weighted by molar-refractivity contribution is 5.94. The van der Waals surface area contributed by atoms with Gasteiger partial charge in [0.1, 0.15) is 17.0 Å². The average molecular weight is 274 g/mol. The van der Waals surface area contributed by atoms with E-state index in [2.05, 4.69) is 40.4 Å². The zero-order chi connectivity index (χ0) is 14.4. The second kappa shape index (κ2) is 4.31. The summed E-state index contributed by atoms with van der Waals surface area (Å²) in [6, 6.07) is 18.4. The first-order chi connectivity index (χ1) is 10.2. The molecular formula is C17H14N4. The topological polar surface area (TPSA) is 56.7 Å². The van der Waals surface area contributed by atoms with E-state index in [4.69, 9.17) is 5.73 Å². The number of hydrogen-bond acceptors (Lipinski definition) is 3. The zero-order valence-corrected chi connectivity index (χ0v) is 11.6. The molecule has 0 unspecified atom stereocenters. The molecule has 2 N–H and O–H groups in total. The lowest BCUT2D eigenvalue weighted by Gasteiger charge is -2.01. The number of nitrogen functional groups attached to an aromatic ring is 1. The molecule has 4 heteroatoms. The van der Waals surface area contributed by atoms with E-state index < -0.39 is 0 Å². The molecule has 0 saturated heterocycles. The van der Waals surface area contributed by atoms with Crippen LogP contribution >= 0.6 is 0 Å². The van der Waals surface area contributed by atoms with Crippen molar-refractivity contribution in [2.24, 2.45) is 7.05 Å². The van der Waals surface area contributed by atoms with E-state index in [-0.39, 0.29) is 0 Å². The fraction of sp³-hybridized carbons (Fsp3) is 0.0588. The average Bonchev–Trinajstić information content (AvgIpc) is 2.83. The highest BCUT2D eigenvalue weighted by atomic mass is 15.3. The number of pyridine rings is 1. The molecule has 4 nitrogen and oxygen atoms in total. The van der Waals surface area contributed by atoms with Crippen LogP contribution in [0.25, 0.3) is 33.1 Å². The van der Waals surface area contributed by atoms with E-state index in [1.54, 1.807) is 6.07 Å². The number of fused-ring (bicyclic) bond motifs is 2. The third-order valence-electron chi connectivity index (χ3n) is 3.74. The normalized spacial score (nSPS) is 11.3. The molecule has 2 aromatic carbocycles. The molecule has 4 aromatic rings. The molecule has 0 aliphatic heterocycles. The van der Waals surface area contributed by atoms with Gasteiger partial charge in [0, 0.05) is 12.6 Å². The third kappa shape index (κ3) is 1.84. The molecule has 0 aliphatic carbocycles. The van der Waals surface area contributed by atoms with Gasteiger partial charge in [-0.05, 0) is 29.0 Å². The number of benzene rings is 2. The van der Waals surface area contributed by atoms with Crippen molar-refractivity contribution in [1.29, 1.82) is 0 Å². The summed E-state index contributed by atoms with van der Waals surface area (Å²) in [5.74, 6) is 0.512. The van der Waals surface area contributed by atoms with Crippen molar-refractivity contribution in [3.63, 3.8) is 0 Å². The number of hydrogen-bond donors (Lipinski definition) is 1. The third-order valence-corrected chi connectivity index (χ3v) is 3.74. The minimum atomic E-state index is 0.512. The van der Waals surface area contributed by atoms with Gasteiger partial charge in [0.15, 0.2) is 0 Å². The van der Waals surface area contributed by atoms with Gasteiger partial charge in [-0.25, -0.2) is 4.98 Å². The Morgan fingerprint density at radius 3 is 2.62 bits per heavy atom. The van der Waals surface area contributed by atoms with E-state index in [0.717, 1.165) is 22.3 Å². The van der Waals surface area contributed by atoms with Crippen molar-refractivity contribution in [2.45, 2.75) is 0 Å². The highest BCUT2D eigenvalue weighted by Gasteiger charge is 2.12. The first kappa shape index (κ1) is 11.9. The van der Waals surface area contributed by atoms with Crippen molar-refractivity contribution in [3.8, 4) is 11.3 Å². The molecule has 2 aromatic heterocycles. The second-order valence-corrected chi connectivity index (χ2v) is 5.14. The van der Waals surface area contributed by atoms with E-state index in [1.807, 2.05) is 29.9 Å². The monoisotopic (exact) mass is 274 g/mol. The van der Waals surface area contributed by atoms with Crippen LogP contribution in [0.3, 0.4) is 0 Å². The van der Waals surface area contributed by atoms with Crippen LogP contribution < -0.4 is 5.73 Å². The summed E-state index contributed by atoms with van der Waals surface area (Å²) < 4.78 is 1.84. The molecule has 0 bridgehead atoms. The van der Waals surface area contributed by atoms with Gasteiger partial charge in [0.05, 0.1) is 5.52 Å². The SMILES string of the molecule is Cn1nc(-c2ccc3ccccc3c2)c2nc(N)ccc21. The zero-order valence-electron chi connectivity index (χ0n) is 11.6. The molecule has 0 aliphatic rings. The van der Waals surface area contributed by atoms with Crippen molar-refractivity contribution >= 4 is 27.6 Å². The molecule has 4 rings (SSSR count). The van der Waals surface area contributed by atoms with E-state index in [0.29, 0.717) is 5.82 Å². The number of aryl methyl sites for hydroxylation is 1. The van der Waals surface area contributed by atoms with Crippen LogP contribution in [0.15, 0.2) is 54.6 Å². The Balaban J connectivity index is 2.01. The van der Waals surface area contributed by atoms with E-state index in [9.17, 15) is 0 Å². The fourth-order valence-corrected chi connectivity index (χ4v) is 2.68. The predicted octanol–water partition coefficient (Wildman–Crippen LogP) is 3.37. The Morgan fingerprint density at radius 1 is 0.952 bits per heavy atom. The quantitative estimate of drug-likeness (QED) is 0.579. The molecule has 0 atom stereocenters. The minimum Gasteiger partial charge on any atom is -0.384 e. The van der Waals surface area contributed by atoms with Crippen molar-refractivity contribution in [3.05, 3.63) is 54.6 Å². The number of nitrogens with zero attached hydrogens (tertiary/aromatic N) is 3. The first-order valence-electron chi connectivity index (χ1n) is 6.81. The van der Waals surface area contributed by atoms with Crippen LogP contribution in [-0.4, -0.2) is 14.8 Å². The van der Waals surface area contributed by atoms with Crippen LogP contribution in [0.4, 0.5) is 5.82 Å². The lowest BCUT2D eigenvalue weighted by atomic mass is 10.0. The molecular weight excluding hydrogens is 260 g/mol. The summed E-state index contributed by atoms with van der Waals surface area (Å²) in [5.41, 5.74) is 9.56. The smallest absolute Gasteiger partial charge is 0.124 e. The van der Waals surface area contributed by atoms with Gasteiger partial charge in [0.25, 0.3) is 0 Å². The van der Waals surface area contributed by atoms with E-state index in [1.165, 1.54) is 10.8 Å². The maximum absolute atomic E-state index is 5.82. The van der Waals surface area contributed by atoms with Gasteiger partial charge in [-0.1, -0.05) is 36.4 Å². The summed E-state index contributed by atoms with van der Waals surface area (Å²) in [5, 5.41) is 7.02. The maximum atomic E-state index is 5.82. The summed E-state index contributed by atoms with van der Waals surface area (Å²) >= 11 is 0. The van der Waals surface area contributed by atoms with Crippen LogP contribution in [0.2, 0.25) is 0 Å². The van der Waals surface area contributed by atoms with Gasteiger partial charge >= 0.3 is 0 Å². The number of rotatable bonds is 1. The Hall–Kier alpha value is -2.88. The summed E-state index contributed by atoms with van der Waals surface area (Å²) in [4.78, 5) is 4.45. The molecule has 0 saturated carbocycles. The molecule has 0 fully saturated rings. The molecule has 102 valence electrons. The number of anilines is 1. The van der Waals surface area contributed by atoms with Crippen molar-refractivity contribution in [1.82, 2.24) is 14.8 Å². The first-order valence-corrected chi connectivity index (χ1v) is 6.81. The van der Waals surface area contributed by atoms with Crippen LogP contribution in [0.1, 0.15) is 0 Å². The summed E-state index contributed by atoms with van der Waals surface area (Å²) in [6.07, 6.45) is 0. The van der Waals surface area contributed by atoms with Gasteiger partial charge in [-0.2, -0.15) is 5.10 Å². The predicted molar refractivity (Wildman–Crippen MR) is 85.9 cm³/mol. The lowest BCUT2D eigenvalue weighted by molar-refractivity contribution is 0.800. The van der Waals surface area contributed by atoms with Crippen molar-refractivity contribution < 1.29 is 0 Å². The van der Waals surface area contributed by atoms with Crippen molar-refractivity contribution in [2.75, 3.05) is 5.73 Å². The highest BCUT2D eigenvalue weighted by Crippen LogP contribution is 2.29. The van der Waals surface area contributed by atoms with Crippen LogP contribution in [-0.2, 0) is 7.05 Å². The Labute approximate surface area is 121 Å². The molecule has 0 amide bonds. The molecule has 0 spiro atoms. The molecule has 0 radical (unpaired) electrons.